The van der Waals surface area contributed by atoms with Gasteiger partial charge in [0.05, 0.1) is 12.1 Å². The van der Waals surface area contributed by atoms with Crippen molar-refractivity contribution in [2.75, 3.05) is 26.7 Å². The lowest BCUT2D eigenvalue weighted by Crippen LogP contribution is -2.69. The van der Waals surface area contributed by atoms with E-state index < -0.39 is 11.9 Å². The Bertz CT molecular complexity index is 799. The SMILES string of the molecule is CN(Cc1ccc2c(c1)C(=O)N(C1CCC(=O)NC1=O)C2)C1(CO)CNC1. The molecule has 27 heavy (non-hydrogen) atoms. The maximum absolute atomic E-state index is 12.9. The summed E-state index contributed by atoms with van der Waals surface area (Å²) in [5.41, 5.74) is 2.27. The Kier molecular flexibility index (Phi) is 4.49. The van der Waals surface area contributed by atoms with Crippen molar-refractivity contribution < 1.29 is 19.5 Å². The lowest BCUT2D eigenvalue weighted by molar-refractivity contribution is -0.136. The summed E-state index contributed by atoms with van der Waals surface area (Å²) in [5.74, 6) is -0.838. The van der Waals surface area contributed by atoms with E-state index in [2.05, 4.69) is 15.5 Å². The molecular weight excluding hydrogens is 348 g/mol. The van der Waals surface area contributed by atoms with Crippen LogP contribution in [0.1, 0.15) is 34.3 Å². The van der Waals surface area contributed by atoms with Crippen LogP contribution in [-0.2, 0) is 22.7 Å². The van der Waals surface area contributed by atoms with Crippen molar-refractivity contribution in [1.29, 1.82) is 0 Å². The van der Waals surface area contributed by atoms with Gasteiger partial charge in [-0.1, -0.05) is 12.1 Å². The van der Waals surface area contributed by atoms with Gasteiger partial charge in [0.2, 0.25) is 11.8 Å². The second-order valence-electron chi connectivity index (χ2n) is 7.73. The van der Waals surface area contributed by atoms with E-state index in [0.717, 1.165) is 24.2 Å². The molecule has 0 aliphatic carbocycles. The molecule has 1 atom stereocenters. The van der Waals surface area contributed by atoms with E-state index in [9.17, 15) is 19.5 Å². The molecule has 0 radical (unpaired) electrons. The highest BCUT2D eigenvalue weighted by molar-refractivity contribution is 6.05. The van der Waals surface area contributed by atoms with Gasteiger partial charge in [-0.15, -0.1) is 0 Å². The largest absolute Gasteiger partial charge is 0.394 e. The summed E-state index contributed by atoms with van der Waals surface area (Å²) in [4.78, 5) is 40.0. The number of carbonyl (C=O) groups excluding carboxylic acids is 3. The van der Waals surface area contributed by atoms with E-state index in [4.69, 9.17) is 0 Å². The zero-order valence-corrected chi connectivity index (χ0v) is 15.3. The van der Waals surface area contributed by atoms with Crippen molar-refractivity contribution in [2.45, 2.75) is 37.5 Å². The van der Waals surface area contributed by atoms with Gasteiger partial charge in [-0.25, -0.2) is 0 Å². The number of fused-ring (bicyclic) bond motifs is 1. The van der Waals surface area contributed by atoms with Crippen molar-refractivity contribution in [3.05, 3.63) is 34.9 Å². The number of nitrogens with zero attached hydrogens (tertiary/aromatic N) is 2. The molecule has 1 aromatic carbocycles. The first-order chi connectivity index (χ1) is 12.9. The average molecular weight is 372 g/mol. The second-order valence-corrected chi connectivity index (χ2v) is 7.73. The zero-order valence-electron chi connectivity index (χ0n) is 15.3. The molecule has 4 rings (SSSR count). The molecule has 1 aromatic rings. The third kappa shape index (κ3) is 3.03. The molecule has 0 spiro atoms. The second kappa shape index (κ2) is 6.70. The van der Waals surface area contributed by atoms with Gasteiger partial charge < -0.3 is 15.3 Å². The van der Waals surface area contributed by atoms with Crippen molar-refractivity contribution in [3.8, 4) is 0 Å². The molecule has 1 unspecified atom stereocenters. The Morgan fingerprint density at radius 3 is 2.70 bits per heavy atom. The summed E-state index contributed by atoms with van der Waals surface area (Å²) in [6.45, 7) is 2.59. The fourth-order valence-corrected chi connectivity index (χ4v) is 4.06. The third-order valence-corrected chi connectivity index (χ3v) is 6.02. The maximum atomic E-state index is 12.9. The highest BCUT2D eigenvalue weighted by atomic mass is 16.3. The van der Waals surface area contributed by atoms with Gasteiger partial charge >= 0.3 is 0 Å². The number of likely N-dealkylation sites (N-methyl/N-ethyl adjacent to an activating group) is 1. The van der Waals surface area contributed by atoms with Crippen LogP contribution in [0.5, 0.6) is 0 Å². The monoisotopic (exact) mass is 372 g/mol. The Morgan fingerprint density at radius 2 is 2.07 bits per heavy atom. The summed E-state index contributed by atoms with van der Waals surface area (Å²) in [5, 5.41) is 15.2. The van der Waals surface area contributed by atoms with Crippen LogP contribution in [0.4, 0.5) is 0 Å². The topological polar surface area (TPSA) is 102 Å². The lowest BCUT2D eigenvalue weighted by atomic mass is 9.91. The molecule has 3 aliphatic rings. The van der Waals surface area contributed by atoms with Gasteiger partial charge in [0.15, 0.2) is 0 Å². The van der Waals surface area contributed by atoms with E-state index in [0.29, 0.717) is 25.1 Å². The van der Waals surface area contributed by atoms with Crippen LogP contribution in [0.2, 0.25) is 0 Å². The summed E-state index contributed by atoms with van der Waals surface area (Å²) in [6.07, 6.45) is 0.621. The van der Waals surface area contributed by atoms with E-state index in [-0.39, 0.29) is 30.4 Å². The van der Waals surface area contributed by atoms with Crippen LogP contribution >= 0.6 is 0 Å². The van der Waals surface area contributed by atoms with Crippen molar-refractivity contribution in [2.24, 2.45) is 0 Å². The minimum absolute atomic E-state index is 0.0870. The number of benzene rings is 1. The van der Waals surface area contributed by atoms with Gasteiger partial charge in [-0.3, -0.25) is 24.6 Å². The molecule has 2 saturated heterocycles. The van der Waals surface area contributed by atoms with Gasteiger partial charge in [-0.05, 0) is 30.7 Å². The predicted octanol–water partition coefficient (Wildman–Crippen LogP) is -0.786. The number of hydrogen-bond donors (Lipinski definition) is 3. The molecule has 3 amide bonds. The summed E-state index contributed by atoms with van der Waals surface area (Å²) < 4.78 is 0. The first-order valence-electron chi connectivity index (χ1n) is 9.23. The number of amides is 3. The van der Waals surface area contributed by atoms with E-state index in [1.165, 1.54) is 0 Å². The summed E-state index contributed by atoms with van der Waals surface area (Å²) in [6, 6.07) is 5.23. The number of rotatable bonds is 5. The first-order valence-corrected chi connectivity index (χ1v) is 9.23. The summed E-state index contributed by atoms with van der Waals surface area (Å²) >= 11 is 0. The number of imide groups is 1. The Morgan fingerprint density at radius 1 is 1.30 bits per heavy atom. The molecule has 144 valence electrons. The van der Waals surface area contributed by atoms with Crippen molar-refractivity contribution in [1.82, 2.24) is 20.4 Å². The van der Waals surface area contributed by atoms with Gasteiger partial charge in [0.1, 0.15) is 6.04 Å². The Labute approximate surface area is 157 Å². The van der Waals surface area contributed by atoms with Gasteiger partial charge in [0, 0.05) is 38.2 Å². The van der Waals surface area contributed by atoms with Crippen LogP contribution in [0.3, 0.4) is 0 Å². The van der Waals surface area contributed by atoms with E-state index in [1.807, 2.05) is 25.2 Å². The van der Waals surface area contributed by atoms with Crippen molar-refractivity contribution in [3.63, 3.8) is 0 Å². The van der Waals surface area contributed by atoms with E-state index >= 15 is 0 Å². The smallest absolute Gasteiger partial charge is 0.255 e. The zero-order chi connectivity index (χ0) is 19.2. The Hall–Kier alpha value is -2.29. The molecule has 0 aromatic heterocycles. The van der Waals surface area contributed by atoms with Crippen LogP contribution in [0.15, 0.2) is 18.2 Å². The average Bonchev–Trinajstić information content (AvgIpc) is 2.91. The molecule has 0 bridgehead atoms. The number of hydrogen-bond acceptors (Lipinski definition) is 6. The third-order valence-electron chi connectivity index (χ3n) is 6.02. The molecule has 3 heterocycles. The molecule has 3 aliphatic heterocycles. The number of carbonyl (C=O) groups is 3. The normalized spacial score (nSPS) is 24.0. The Balaban J connectivity index is 1.50. The lowest BCUT2D eigenvalue weighted by Gasteiger charge is -2.48. The highest BCUT2D eigenvalue weighted by Crippen LogP contribution is 2.29. The van der Waals surface area contributed by atoms with Gasteiger partial charge in [-0.2, -0.15) is 0 Å². The predicted molar refractivity (Wildman–Crippen MR) is 96.6 cm³/mol. The fraction of sp³-hybridized carbons (Fsp3) is 0.526. The summed E-state index contributed by atoms with van der Waals surface area (Å²) in [7, 11) is 1.97. The van der Waals surface area contributed by atoms with Crippen LogP contribution in [0.25, 0.3) is 0 Å². The van der Waals surface area contributed by atoms with Crippen LogP contribution in [0, 0.1) is 0 Å². The molecule has 8 heteroatoms. The number of aliphatic hydroxyl groups excluding tert-OH is 1. The number of piperidine rings is 1. The van der Waals surface area contributed by atoms with Gasteiger partial charge in [0.25, 0.3) is 5.91 Å². The minimum atomic E-state index is -0.590. The first kappa shape index (κ1) is 18.1. The van der Waals surface area contributed by atoms with Crippen LogP contribution < -0.4 is 10.6 Å². The molecule has 8 nitrogen and oxygen atoms in total. The minimum Gasteiger partial charge on any atom is -0.394 e. The molecule has 3 N–H and O–H groups in total. The molecule has 2 fully saturated rings. The number of nitrogens with one attached hydrogen (secondary N) is 2. The van der Waals surface area contributed by atoms with Crippen LogP contribution in [-0.4, -0.2) is 71.0 Å². The molecule has 0 saturated carbocycles. The quantitative estimate of drug-likeness (QED) is 0.586. The highest BCUT2D eigenvalue weighted by Gasteiger charge is 2.41. The maximum Gasteiger partial charge on any atom is 0.255 e. The van der Waals surface area contributed by atoms with E-state index in [1.54, 1.807) is 4.90 Å². The number of aliphatic hydroxyl groups is 1. The van der Waals surface area contributed by atoms with Crippen molar-refractivity contribution >= 4 is 17.7 Å². The standard InChI is InChI=1S/C19H24N4O4/c1-22(19(11-24)9-20-10-19)7-12-2-3-13-8-23(18(27)14(13)6-12)15-4-5-16(25)21-17(15)26/h2-3,6,15,20,24H,4-5,7-11H2,1H3,(H,21,25,26). The fourth-order valence-electron chi connectivity index (χ4n) is 4.06. The molecular formula is C19H24N4O4.